The van der Waals surface area contributed by atoms with Gasteiger partial charge in [-0.1, -0.05) is 0 Å². The van der Waals surface area contributed by atoms with Gasteiger partial charge in [-0.25, -0.2) is 9.78 Å². The van der Waals surface area contributed by atoms with Crippen molar-refractivity contribution in [2.75, 3.05) is 24.1 Å². The molecule has 2 amide bonds. The van der Waals surface area contributed by atoms with Gasteiger partial charge in [-0.2, -0.15) is 0 Å². The van der Waals surface area contributed by atoms with Gasteiger partial charge in [0.1, 0.15) is 5.82 Å². The molecule has 0 radical (unpaired) electrons. The van der Waals surface area contributed by atoms with Crippen LogP contribution in [0.2, 0.25) is 0 Å². The van der Waals surface area contributed by atoms with Gasteiger partial charge in [0.2, 0.25) is 0 Å². The number of hydrogen-bond donors (Lipinski definition) is 2. The predicted molar refractivity (Wildman–Crippen MR) is 63.1 cm³/mol. The molecule has 5 heteroatoms. The number of nitrogens with one attached hydrogen (secondary N) is 1. The minimum Gasteiger partial charge on any atom is -0.399 e. The normalized spacial score (nSPS) is 15.9. The first kappa shape index (κ1) is 10.7. The fourth-order valence-corrected chi connectivity index (χ4v) is 1.80. The second kappa shape index (κ2) is 4.83. The van der Waals surface area contributed by atoms with Crippen LogP contribution in [0.25, 0.3) is 0 Å². The van der Waals surface area contributed by atoms with Crippen LogP contribution in [0, 0.1) is 0 Å². The van der Waals surface area contributed by atoms with Crippen LogP contribution < -0.4 is 11.1 Å². The van der Waals surface area contributed by atoms with Crippen LogP contribution in [0.1, 0.15) is 19.3 Å². The van der Waals surface area contributed by atoms with E-state index >= 15 is 0 Å². The van der Waals surface area contributed by atoms with E-state index in [9.17, 15) is 4.79 Å². The van der Waals surface area contributed by atoms with Crippen LogP contribution in [-0.2, 0) is 0 Å². The summed E-state index contributed by atoms with van der Waals surface area (Å²) in [6, 6.07) is 3.26. The molecule has 5 nitrogen and oxygen atoms in total. The van der Waals surface area contributed by atoms with Gasteiger partial charge in [-0.15, -0.1) is 0 Å². The largest absolute Gasteiger partial charge is 0.399 e. The Labute approximate surface area is 94.6 Å². The number of aromatic nitrogens is 1. The first-order valence-electron chi connectivity index (χ1n) is 5.53. The molecule has 2 rings (SSSR count). The van der Waals surface area contributed by atoms with E-state index in [0.717, 1.165) is 25.9 Å². The highest BCUT2D eigenvalue weighted by Crippen LogP contribution is 2.12. The molecule has 0 aliphatic carbocycles. The second-order valence-corrected chi connectivity index (χ2v) is 3.95. The lowest BCUT2D eigenvalue weighted by Gasteiger charge is -2.26. The van der Waals surface area contributed by atoms with E-state index < -0.39 is 0 Å². The second-order valence-electron chi connectivity index (χ2n) is 3.95. The summed E-state index contributed by atoms with van der Waals surface area (Å²) >= 11 is 0. The smallest absolute Gasteiger partial charge is 0.323 e. The van der Waals surface area contributed by atoms with Gasteiger partial charge in [0, 0.05) is 31.0 Å². The molecule has 1 aromatic rings. The Morgan fingerprint density at radius 2 is 2.12 bits per heavy atom. The lowest BCUT2D eigenvalue weighted by Crippen LogP contribution is -2.38. The SMILES string of the molecule is Nc1ccnc(NC(=O)N2CCCCC2)c1. The topological polar surface area (TPSA) is 71.2 Å². The third-order valence-corrected chi connectivity index (χ3v) is 2.66. The summed E-state index contributed by atoms with van der Waals surface area (Å²) in [4.78, 5) is 17.7. The maximum atomic E-state index is 11.8. The number of amides is 2. The number of pyridine rings is 1. The number of carbonyl (C=O) groups is 1. The molecule has 16 heavy (non-hydrogen) atoms. The molecule has 0 unspecified atom stereocenters. The summed E-state index contributed by atoms with van der Waals surface area (Å²) in [7, 11) is 0. The zero-order valence-corrected chi connectivity index (χ0v) is 9.15. The predicted octanol–water partition coefficient (Wildman–Crippen LogP) is 1.68. The van der Waals surface area contributed by atoms with E-state index in [1.54, 1.807) is 18.3 Å². The molecular formula is C11H16N4O. The number of hydrogen-bond acceptors (Lipinski definition) is 3. The quantitative estimate of drug-likeness (QED) is 0.756. The molecule has 1 aromatic heterocycles. The molecule has 1 saturated heterocycles. The van der Waals surface area contributed by atoms with Crippen molar-refractivity contribution >= 4 is 17.5 Å². The Hall–Kier alpha value is -1.78. The average molecular weight is 220 g/mol. The van der Waals surface area contributed by atoms with E-state index in [1.807, 2.05) is 4.90 Å². The number of nitrogens with two attached hydrogens (primary N) is 1. The number of nitrogen functional groups attached to an aromatic ring is 1. The van der Waals surface area contributed by atoms with Crippen molar-refractivity contribution in [1.82, 2.24) is 9.88 Å². The minimum absolute atomic E-state index is 0.0854. The molecule has 0 aromatic carbocycles. The molecule has 1 aliphatic heterocycles. The number of rotatable bonds is 1. The van der Waals surface area contributed by atoms with E-state index in [2.05, 4.69) is 10.3 Å². The highest BCUT2D eigenvalue weighted by atomic mass is 16.2. The van der Waals surface area contributed by atoms with Crippen LogP contribution in [0.3, 0.4) is 0 Å². The summed E-state index contributed by atoms with van der Waals surface area (Å²) in [6.07, 6.45) is 4.96. The van der Waals surface area contributed by atoms with Crippen molar-refractivity contribution in [2.45, 2.75) is 19.3 Å². The summed E-state index contributed by atoms with van der Waals surface area (Å²) in [6.45, 7) is 1.66. The molecule has 0 spiro atoms. The number of piperidine rings is 1. The lowest BCUT2D eigenvalue weighted by molar-refractivity contribution is 0.200. The zero-order valence-electron chi connectivity index (χ0n) is 9.15. The Kier molecular flexibility index (Phi) is 3.24. The molecule has 3 N–H and O–H groups in total. The molecule has 1 fully saturated rings. The lowest BCUT2D eigenvalue weighted by atomic mass is 10.1. The third kappa shape index (κ3) is 2.62. The van der Waals surface area contributed by atoms with E-state index in [1.165, 1.54) is 6.42 Å². The van der Waals surface area contributed by atoms with Crippen LogP contribution in [0.4, 0.5) is 16.3 Å². The Balaban J connectivity index is 1.96. The molecule has 0 atom stereocenters. The van der Waals surface area contributed by atoms with Crippen molar-refractivity contribution in [1.29, 1.82) is 0 Å². The van der Waals surface area contributed by atoms with Crippen molar-refractivity contribution in [3.8, 4) is 0 Å². The van der Waals surface area contributed by atoms with Gasteiger partial charge >= 0.3 is 6.03 Å². The fraction of sp³-hybridized carbons (Fsp3) is 0.455. The standard InChI is InChI=1S/C11H16N4O/c12-9-4-5-13-10(8-9)14-11(16)15-6-2-1-3-7-15/h4-5,8H,1-3,6-7H2,(H3,12,13,14,16). The van der Waals surface area contributed by atoms with Gasteiger partial charge in [0.25, 0.3) is 0 Å². The van der Waals surface area contributed by atoms with Crippen LogP contribution >= 0.6 is 0 Å². The highest BCUT2D eigenvalue weighted by molar-refractivity contribution is 5.88. The van der Waals surface area contributed by atoms with Crippen molar-refractivity contribution in [2.24, 2.45) is 0 Å². The molecule has 0 saturated carbocycles. The number of urea groups is 1. The first-order chi connectivity index (χ1) is 7.75. The molecule has 2 heterocycles. The monoisotopic (exact) mass is 220 g/mol. The highest BCUT2D eigenvalue weighted by Gasteiger charge is 2.16. The third-order valence-electron chi connectivity index (χ3n) is 2.66. The number of likely N-dealkylation sites (tertiary alicyclic amines) is 1. The Morgan fingerprint density at radius 3 is 2.81 bits per heavy atom. The van der Waals surface area contributed by atoms with Gasteiger partial charge in [-0.3, -0.25) is 5.32 Å². The van der Waals surface area contributed by atoms with Gasteiger partial charge in [-0.05, 0) is 25.3 Å². The number of anilines is 2. The Bertz CT molecular complexity index is 374. The fourth-order valence-electron chi connectivity index (χ4n) is 1.80. The summed E-state index contributed by atoms with van der Waals surface area (Å²) < 4.78 is 0. The molecule has 86 valence electrons. The average Bonchev–Trinajstić information content (AvgIpc) is 2.30. The minimum atomic E-state index is -0.0854. The van der Waals surface area contributed by atoms with Crippen molar-refractivity contribution in [3.05, 3.63) is 18.3 Å². The first-order valence-corrected chi connectivity index (χ1v) is 5.53. The summed E-state index contributed by atoms with van der Waals surface area (Å²) in [5.41, 5.74) is 6.21. The van der Waals surface area contributed by atoms with Gasteiger partial charge in [0.15, 0.2) is 0 Å². The van der Waals surface area contributed by atoms with Crippen molar-refractivity contribution < 1.29 is 4.79 Å². The van der Waals surface area contributed by atoms with Gasteiger partial charge in [0.05, 0.1) is 0 Å². The van der Waals surface area contributed by atoms with Crippen LogP contribution in [0.5, 0.6) is 0 Å². The van der Waals surface area contributed by atoms with E-state index in [-0.39, 0.29) is 6.03 Å². The van der Waals surface area contributed by atoms with Crippen LogP contribution in [0.15, 0.2) is 18.3 Å². The summed E-state index contributed by atoms with van der Waals surface area (Å²) in [5.74, 6) is 0.510. The molecular weight excluding hydrogens is 204 g/mol. The maximum Gasteiger partial charge on any atom is 0.323 e. The van der Waals surface area contributed by atoms with Gasteiger partial charge < -0.3 is 10.6 Å². The maximum absolute atomic E-state index is 11.8. The zero-order chi connectivity index (χ0) is 11.4. The number of nitrogens with zero attached hydrogens (tertiary/aromatic N) is 2. The molecule has 0 bridgehead atoms. The van der Waals surface area contributed by atoms with Crippen molar-refractivity contribution in [3.63, 3.8) is 0 Å². The summed E-state index contributed by atoms with van der Waals surface area (Å²) in [5, 5.41) is 2.75. The van der Waals surface area contributed by atoms with E-state index in [0.29, 0.717) is 11.5 Å². The van der Waals surface area contributed by atoms with Crippen LogP contribution in [-0.4, -0.2) is 29.0 Å². The number of carbonyl (C=O) groups excluding carboxylic acids is 1. The Morgan fingerprint density at radius 1 is 1.38 bits per heavy atom. The molecule has 1 aliphatic rings. The van der Waals surface area contributed by atoms with E-state index in [4.69, 9.17) is 5.73 Å².